The Labute approximate surface area is 120 Å². The summed E-state index contributed by atoms with van der Waals surface area (Å²) >= 11 is 0. The molecule has 1 aliphatic carbocycles. The van der Waals surface area contributed by atoms with Crippen LogP contribution in [0.15, 0.2) is 6.07 Å². The van der Waals surface area contributed by atoms with E-state index < -0.39 is 0 Å². The second kappa shape index (κ2) is 6.37. The predicted molar refractivity (Wildman–Crippen MR) is 80.5 cm³/mol. The molecule has 0 aromatic carbocycles. The number of hydrazine groups is 1. The van der Waals surface area contributed by atoms with Crippen LogP contribution in [0.5, 0.6) is 0 Å². The average molecular weight is 279 g/mol. The van der Waals surface area contributed by atoms with Gasteiger partial charge in [0.15, 0.2) is 0 Å². The Morgan fingerprint density at radius 1 is 1.25 bits per heavy atom. The Hall–Kier alpha value is -1.40. The first-order valence-electron chi connectivity index (χ1n) is 7.33. The van der Waals surface area contributed by atoms with Crippen LogP contribution in [-0.2, 0) is 0 Å². The molecule has 0 unspecified atom stereocenters. The third kappa shape index (κ3) is 3.37. The predicted octanol–water partition coefficient (Wildman–Crippen LogP) is 1.99. The number of hydrogen-bond acceptors (Lipinski definition) is 6. The molecular formula is C14H25N5O. The second-order valence-electron chi connectivity index (χ2n) is 5.92. The highest BCUT2D eigenvalue weighted by Crippen LogP contribution is 2.31. The number of nitrogens with two attached hydrogens (primary N) is 1. The first-order valence-corrected chi connectivity index (χ1v) is 7.33. The molecule has 112 valence electrons. The van der Waals surface area contributed by atoms with Crippen molar-refractivity contribution in [2.24, 2.45) is 5.84 Å². The summed E-state index contributed by atoms with van der Waals surface area (Å²) in [6, 6.07) is 1.79. The second-order valence-corrected chi connectivity index (χ2v) is 5.92. The van der Waals surface area contributed by atoms with Crippen molar-refractivity contribution in [1.29, 1.82) is 0 Å². The Balaban J connectivity index is 2.24. The van der Waals surface area contributed by atoms with E-state index in [2.05, 4.69) is 20.7 Å². The Morgan fingerprint density at radius 2 is 1.90 bits per heavy atom. The smallest absolute Gasteiger partial charge is 0.145 e. The topological polar surface area (TPSA) is 96.1 Å². The fourth-order valence-corrected chi connectivity index (χ4v) is 2.68. The van der Waals surface area contributed by atoms with Crippen LogP contribution in [0.4, 0.5) is 11.6 Å². The van der Waals surface area contributed by atoms with E-state index >= 15 is 0 Å². The van der Waals surface area contributed by atoms with Crippen LogP contribution in [0.1, 0.15) is 57.7 Å². The van der Waals surface area contributed by atoms with E-state index in [1.807, 2.05) is 13.8 Å². The number of aliphatic hydroxyl groups is 1. The van der Waals surface area contributed by atoms with E-state index in [1.54, 1.807) is 6.07 Å². The molecule has 1 aliphatic rings. The Kier molecular flexibility index (Phi) is 4.77. The lowest BCUT2D eigenvalue weighted by Crippen LogP contribution is -2.44. The molecule has 6 heteroatoms. The van der Waals surface area contributed by atoms with Crippen molar-refractivity contribution in [3.8, 4) is 0 Å². The fourth-order valence-electron chi connectivity index (χ4n) is 2.68. The van der Waals surface area contributed by atoms with Crippen LogP contribution in [0.3, 0.4) is 0 Å². The summed E-state index contributed by atoms with van der Waals surface area (Å²) in [5.74, 6) is 7.76. The minimum Gasteiger partial charge on any atom is -0.394 e. The summed E-state index contributed by atoms with van der Waals surface area (Å²) in [7, 11) is 0. The minimum atomic E-state index is -0.257. The first-order chi connectivity index (χ1) is 9.58. The van der Waals surface area contributed by atoms with Gasteiger partial charge in [-0.1, -0.05) is 33.1 Å². The number of anilines is 2. The lowest BCUT2D eigenvalue weighted by Gasteiger charge is -2.37. The van der Waals surface area contributed by atoms with Gasteiger partial charge in [0.05, 0.1) is 12.1 Å². The molecule has 0 radical (unpaired) electrons. The molecule has 0 atom stereocenters. The van der Waals surface area contributed by atoms with E-state index in [9.17, 15) is 5.11 Å². The summed E-state index contributed by atoms with van der Waals surface area (Å²) in [5, 5.41) is 13.2. The van der Waals surface area contributed by atoms with Crippen molar-refractivity contribution in [1.82, 2.24) is 9.97 Å². The number of hydrogen-bond donors (Lipinski definition) is 4. The summed E-state index contributed by atoms with van der Waals surface area (Å²) < 4.78 is 0. The number of rotatable bonds is 5. The molecule has 0 saturated heterocycles. The lowest BCUT2D eigenvalue weighted by atomic mass is 9.82. The van der Waals surface area contributed by atoms with Gasteiger partial charge < -0.3 is 15.8 Å². The zero-order valence-electron chi connectivity index (χ0n) is 12.3. The Bertz CT molecular complexity index is 443. The van der Waals surface area contributed by atoms with Gasteiger partial charge in [-0.25, -0.2) is 15.8 Å². The maximum atomic E-state index is 9.76. The normalized spacial score (nSPS) is 18.1. The maximum Gasteiger partial charge on any atom is 0.145 e. The molecule has 5 N–H and O–H groups in total. The molecule has 6 nitrogen and oxygen atoms in total. The number of nitrogens with one attached hydrogen (secondary N) is 2. The number of nitrogens with zero attached hydrogens (tertiary/aromatic N) is 2. The Morgan fingerprint density at radius 3 is 2.45 bits per heavy atom. The zero-order valence-corrected chi connectivity index (χ0v) is 12.3. The summed E-state index contributed by atoms with van der Waals surface area (Å²) in [4.78, 5) is 8.88. The van der Waals surface area contributed by atoms with Crippen LogP contribution >= 0.6 is 0 Å². The molecule has 1 aromatic heterocycles. The van der Waals surface area contributed by atoms with Gasteiger partial charge in [0.2, 0.25) is 0 Å². The molecule has 1 fully saturated rings. The number of nitrogen functional groups attached to an aromatic ring is 1. The van der Waals surface area contributed by atoms with Crippen molar-refractivity contribution in [2.75, 3.05) is 17.3 Å². The van der Waals surface area contributed by atoms with Gasteiger partial charge in [-0.2, -0.15) is 0 Å². The van der Waals surface area contributed by atoms with E-state index in [1.165, 1.54) is 6.42 Å². The highest BCUT2D eigenvalue weighted by Gasteiger charge is 2.31. The van der Waals surface area contributed by atoms with Gasteiger partial charge in [-0.3, -0.25) is 0 Å². The van der Waals surface area contributed by atoms with E-state index in [0.717, 1.165) is 37.3 Å². The SMILES string of the molecule is CC(C)c1nc(NN)cc(NC2(CO)CCCCC2)n1. The summed E-state index contributed by atoms with van der Waals surface area (Å²) in [6.45, 7) is 4.21. The molecule has 20 heavy (non-hydrogen) atoms. The molecule has 1 heterocycles. The fraction of sp³-hybridized carbons (Fsp3) is 0.714. The molecule has 0 aliphatic heterocycles. The molecule has 1 aromatic rings. The highest BCUT2D eigenvalue weighted by molar-refractivity contribution is 5.48. The van der Waals surface area contributed by atoms with Gasteiger partial charge in [-0.15, -0.1) is 0 Å². The third-order valence-corrected chi connectivity index (χ3v) is 3.91. The average Bonchev–Trinajstić information content (AvgIpc) is 2.47. The summed E-state index contributed by atoms with van der Waals surface area (Å²) in [5.41, 5.74) is 2.32. The van der Waals surface area contributed by atoms with Crippen molar-refractivity contribution < 1.29 is 5.11 Å². The minimum absolute atomic E-state index is 0.124. The maximum absolute atomic E-state index is 9.76. The molecular weight excluding hydrogens is 254 g/mol. The first kappa shape index (κ1) is 15.0. The summed E-state index contributed by atoms with van der Waals surface area (Å²) in [6.07, 6.45) is 5.45. The monoisotopic (exact) mass is 279 g/mol. The standard InChI is InChI=1S/C14H25N5O/c1-10(2)13-16-11(8-12(17-13)19-15)18-14(9-20)6-4-3-5-7-14/h8,10,20H,3-7,9,15H2,1-2H3,(H2,16,17,18,19). The number of aliphatic hydroxyl groups excluding tert-OH is 1. The van der Waals surface area contributed by atoms with Crippen LogP contribution in [-0.4, -0.2) is 27.2 Å². The molecule has 0 spiro atoms. The quantitative estimate of drug-likeness (QED) is 0.486. The van der Waals surface area contributed by atoms with Crippen molar-refractivity contribution in [2.45, 2.75) is 57.4 Å². The van der Waals surface area contributed by atoms with Crippen LogP contribution in [0.2, 0.25) is 0 Å². The highest BCUT2D eigenvalue weighted by atomic mass is 16.3. The van der Waals surface area contributed by atoms with E-state index in [0.29, 0.717) is 5.82 Å². The van der Waals surface area contributed by atoms with Crippen LogP contribution in [0, 0.1) is 0 Å². The molecule has 2 rings (SSSR count). The van der Waals surface area contributed by atoms with Crippen LogP contribution < -0.4 is 16.6 Å². The molecule has 0 bridgehead atoms. The largest absolute Gasteiger partial charge is 0.394 e. The third-order valence-electron chi connectivity index (χ3n) is 3.91. The van der Waals surface area contributed by atoms with Crippen molar-refractivity contribution in [3.05, 3.63) is 11.9 Å². The number of aromatic nitrogens is 2. The van der Waals surface area contributed by atoms with Gasteiger partial charge in [-0.05, 0) is 12.8 Å². The van der Waals surface area contributed by atoms with Crippen LogP contribution in [0.25, 0.3) is 0 Å². The van der Waals surface area contributed by atoms with Crippen molar-refractivity contribution in [3.63, 3.8) is 0 Å². The lowest BCUT2D eigenvalue weighted by molar-refractivity contribution is 0.172. The van der Waals surface area contributed by atoms with Gasteiger partial charge in [0.1, 0.15) is 17.5 Å². The van der Waals surface area contributed by atoms with E-state index in [-0.39, 0.29) is 18.1 Å². The van der Waals surface area contributed by atoms with E-state index in [4.69, 9.17) is 5.84 Å². The molecule has 1 saturated carbocycles. The van der Waals surface area contributed by atoms with Crippen molar-refractivity contribution >= 4 is 11.6 Å². The van der Waals surface area contributed by atoms with Gasteiger partial charge >= 0.3 is 0 Å². The zero-order chi connectivity index (χ0) is 14.6. The van der Waals surface area contributed by atoms with Gasteiger partial charge in [0.25, 0.3) is 0 Å². The molecule has 0 amide bonds. The van der Waals surface area contributed by atoms with Gasteiger partial charge in [0, 0.05) is 12.0 Å².